The van der Waals surface area contributed by atoms with Crippen molar-refractivity contribution in [2.24, 2.45) is 0 Å². The highest BCUT2D eigenvalue weighted by Crippen LogP contribution is 2.39. The molecule has 3 aromatic carbocycles. The average Bonchev–Trinajstić information content (AvgIpc) is 3.69. The summed E-state index contributed by atoms with van der Waals surface area (Å²) in [6.45, 7) is 6.12. The molecule has 2 fully saturated rings. The lowest BCUT2D eigenvalue weighted by Crippen LogP contribution is -2.43. The van der Waals surface area contributed by atoms with Crippen LogP contribution in [-0.2, 0) is 32.2 Å². The summed E-state index contributed by atoms with van der Waals surface area (Å²) in [5, 5.41) is 21.2. The molecule has 0 aromatic heterocycles. The number of benzene rings is 3. The number of hydrogen-bond acceptors (Lipinski definition) is 7. The zero-order chi connectivity index (χ0) is 34.4. The van der Waals surface area contributed by atoms with Crippen LogP contribution in [0.3, 0.4) is 0 Å². The molecule has 9 nitrogen and oxygen atoms in total. The Bertz CT molecular complexity index is 1510. The van der Waals surface area contributed by atoms with E-state index in [0.29, 0.717) is 31.8 Å². The Morgan fingerprint density at radius 1 is 0.857 bits per heavy atom. The van der Waals surface area contributed by atoms with E-state index < -0.39 is 12.2 Å². The van der Waals surface area contributed by atoms with Crippen molar-refractivity contribution < 1.29 is 29.4 Å². The van der Waals surface area contributed by atoms with Gasteiger partial charge in [0.15, 0.2) is 6.29 Å². The van der Waals surface area contributed by atoms with Crippen LogP contribution in [0.4, 0.5) is 0 Å². The van der Waals surface area contributed by atoms with E-state index in [1.54, 1.807) is 5.48 Å². The Hall–Kier alpha value is -3.86. The maximum atomic E-state index is 12.4. The number of aliphatic hydroxyl groups is 1. The molecule has 3 atom stereocenters. The second-order valence-electron chi connectivity index (χ2n) is 13.2. The summed E-state index contributed by atoms with van der Waals surface area (Å²) < 4.78 is 13.4. The van der Waals surface area contributed by atoms with E-state index in [2.05, 4.69) is 47.1 Å². The number of hydrogen-bond donors (Lipinski definition) is 4. The van der Waals surface area contributed by atoms with Crippen molar-refractivity contribution in [3.8, 4) is 11.1 Å². The van der Waals surface area contributed by atoms with E-state index in [-0.39, 0.29) is 31.1 Å². The maximum absolute atomic E-state index is 12.4. The van der Waals surface area contributed by atoms with Gasteiger partial charge in [-0.2, -0.15) is 0 Å². The van der Waals surface area contributed by atoms with Crippen LogP contribution < -0.4 is 10.8 Å². The molecule has 4 N–H and O–H groups in total. The van der Waals surface area contributed by atoms with Gasteiger partial charge in [-0.05, 0) is 65.6 Å². The zero-order valence-corrected chi connectivity index (χ0v) is 28.4. The molecule has 9 heteroatoms. The van der Waals surface area contributed by atoms with Crippen molar-refractivity contribution in [2.75, 3.05) is 13.1 Å². The van der Waals surface area contributed by atoms with Crippen molar-refractivity contribution >= 4 is 11.8 Å². The van der Waals surface area contributed by atoms with Crippen LogP contribution in [0, 0.1) is 0 Å². The second kappa shape index (κ2) is 18.8. The summed E-state index contributed by atoms with van der Waals surface area (Å²) in [6.07, 6.45) is 9.67. The smallest absolute Gasteiger partial charge is 0.243 e. The van der Waals surface area contributed by atoms with Gasteiger partial charge >= 0.3 is 0 Å². The molecule has 1 saturated carbocycles. The van der Waals surface area contributed by atoms with E-state index in [9.17, 15) is 14.7 Å². The van der Waals surface area contributed by atoms with Crippen LogP contribution in [0.15, 0.2) is 85.5 Å². The van der Waals surface area contributed by atoms with Gasteiger partial charge in [0.05, 0.1) is 18.8 Å². The fraction of sp³-hybridized carbons (Fsp3) is 0.450. The number of unbranched alkanes of at least 4 members (excludes halogenated alkanes) is 2. The molecule has 0 spiro atoms. The Morgan fingerprint density at radius 3 is 2.29 bits per heavy atom. The van der Waals surface area contributed by atoms with Gasteiger partial charge in [0.2, 0.25) is 11.8 Å². The molecular formula is C40H51N3O6. The summed E-state index contributed by atoms with van der Waals surface area (Å²) >= 11 is 0. The molecule has 1 heterocycles. The number of hydroxylamine groups is 1. The molecule has 1 saturated heterocycles. The van der Waals surface area contributed by atoms with Gasteiger partial charge in [0.25, 0.3) is 0 Å². The fourth-order valence-corrected chi connectivity index (χ4v) is 6.92. The molecule has 0 radical (unpaired) electrons. The highest BCUT2D eigenvalue weighted by molar-refractivity contribution is 5.76. The zero-order valence-electron chi connectivity index (χ0n) is 28.4. The number of aliphatic hydroxyl groups excluding tert-OH is 1. The molecule has 2 aliphatic rings. The van der Waals surface area contributed by atoms with E-state index in [0.717, 1.165) is 59.3 Å². The van der Waals surface area contributed by atoms with Crippen molar-refractivity contribution in [2.45, 2.75) is 102 Å². The number of nitrogens with one attached hydrogen (secondary N) is 2. The number of amides is 2. The minimum atomic E-state index is -0.545. The first-order valence-electron chi connectivity index (χ1n) is 17.7. The summed E-state index contributed by atoms with van der Waals surface area (Å²) in [4.78, 5) is 26.1. The predicted molar refractivity (Wildman–Crippen MR) is 189 cm³/mol. The Kier molecular flexibility index (Phi) is 14.0. The first-order valence-corrected chi connectivity index (χ1v) is 17.7. The monoisotopic (exact) mass is 669 g/mol. The van der Waals surface area contributed by atoms with Crippen LogP contribution in [0.2, 0.25) is 0 Å². The normalized spacial score (nSPS) is 19.5. The summed E-state index contributed by atoms with van der Waals surface area (Å²) in [6, 6.07) is 25.0. The third-order valence-corrected chi connectivity index (χ3v) is 9.60. The molecule has 1 aliphatic carbocycles. The highest BCUT2D eigenvalue weighted by Gasteiger charge is 2.34. The second-order valence-corrected chi connectivity index (χ2v) is 13.2. The third kappa shape index (κ3) is 10.8. The number of rotatable bonds is 17. The summed E-state index contributed by atoms with van der Waals surface area (Å²) in [5.74, 6) is -0.433. The molecule has 49 heavy (non-hydrogen) atoms. The minimum Gasteiger partial charge on any atom is -0.392 e. The van der Waals surface area contributed by atoms with Crippen molar-refractivity contribution in [1.29, 1.82) is 0 Å². The highest BCUT2D eigenvalue weighted by atomic mass is 16.7. The van der Waals surface area contributed by atoms with E-state index >= 15 is 0 Å². The van der Waals surface area contributed by atoms with E-state index in [4.69, 9.17) is 14.7 Å². The van der Waals surface area contributed by atoms with Crippen molar-refractivity contribution in [3.05, 3.63) is 108 Å². The Labute approximate surface area is 290 Å². The SMILES string of the molecule is C=CCN(CC1CC(c2ccc(CO)cc2)OC(c2cccc(-c3cccc(CNC(=O)CCCCCC(=O)NO)c3)c2)O1)C1CCCC1. The average molecular weight is 670 g/mol. The van der Waals surface area contributed by atoms with Gasteiger partial charge in [-0.15, -0.1) is 6.58 Å². The van der Waals surface area contributed by atoms with Crippen LogP contribution in [0.5, 0.6) is 0 Å². The van der Waals surface area contributed by atoms with Gasteiger partial charge in [-0.25, -0.2) is 5.48 Å². The lowest BCUT2D eigenvalue weighted by atomic mass is 9.98. The quantitative estimate of drug-likeness (QED) is 0.0535. The van der Waals surface area contributed by atoms with Crippen LogP contribution >= 0.6 is 0 Å². The molecule has 3 aromatic rings. The molecule has 262 valence electrons. The van der Waals surface area contributed by atoms with Crippen LogP contribution in [-0.4, -0.2) is 52.3 Å². The molecule has 1 aliphatic heterocycles. The lowest BCUT2D eigenvalue weighted by Gasteiger charge is -2.39. The third-order valence-electron chi connectivity index (χ3n) is 9.60. The first-order chi connectivity index (χ1) is 23.9. The van der Waals surface area contributed by atoms with Crippen LogP contribution in [0.25, 0.3) is 11.1 Å². The lowest BCUT2D eigenvalue weighted by molar-refractivity contribution is -0.253. The standard InChI is InChI=1S/C40H51N3O6/c1-2-22-43(35-14-6-7-15-35)27-36-25-37(31-20-18-29(28-44)19-21-31)49-40(48-36)34-13-9-12-33(24-34)32-11-8-10-30(23-32)26-41-38(45)16-4-3-5-17-39(46)42-47/h2,8-13,18-21,23-24,35-37,40,44,47H,1,3-7,14-17,22,25-28H2,(H,41,45)(H,42,46). The van der Waals surface area contributed by atoms with Gasteiger partial charge in [-0.3, -0.25) is 19.7 Å². The maximum Gasteiger partial charge on any atom is 0.243 e. The number of carbonyl (C=O) groups is 2. The minimum absolute atomic E-state index is 0.00742. The number of ether oxygens (including phenoxy) is 2. The Morgan fingerprint density at radius 2 is 1.57 bits per heavy atom. The molecule has 5 rings (SSSR count). The number of nitrogens with zero attached hydrogens (tertiary/aromatic N) is 1. The Balaban J connectivity index is 1.26. The molecular weight excluding hydrogens is 618 g/mol. The van der Waals surface area contributed by atoms with Crippen molar-refractivity contribution in [3.63, 3.8) is 0 Å². The molecule has 2 amide bonds. The summed E-state index contributed by atoms with van der Waals surface area (Å²) in [7, 11) is 0. The van der Waals surface area contributed by atoms with E-state index in [1.807, 2.05) is 48.5 Å². The predicted octanol–water partition coefficient (Wildman–Crippen LogP) is 6.89. The van der Waals surface area contributed by atoms with Crippen LogP contribution in [0.1, 0.15) is 98.9 Å². The van der Waals surface area contributed by atoms with Gasteiger partial charge in [-0.1, -0.05) is 86.0 Å². The molecule has 0 bridgehead atoms. The topological polar surface area (TPSA) is 120 Å². The van der Waals surface area contributed by atoms with Gasteiger partial charge < -0.3 is 19.9 Å². The summed E-state index contributed by atoms with van der Waals surface area (Å²) in [5.41, 5.74) is 7.61. The molecule has 3 unspecified atom stereocenters. The number of carbonyl (C=O) groups excluding carboxylic acids is 2. The van der Waals surface area contributed by atoms with Gasteiger partial charge in [0.1, 0.15) is 0 Å². The van der Waals surface area contributed by atoms with Crippen molar-refractivity contribution in [1.82, 2.24) is 15.7 Å². The van der Waals surface area contributed by atoms with Gasteiger partial charge in [0, 0.05) is 50.5 Å². The largest absolute Gasteiger partial charge is 0.392 e. The fourth-order valence-electron chi connectivity index (χ4n) is 6.92. The van der Waals surface area contributed by atoms with E-state index in [1.165, 1.54) is 25.7 Å². The first kappa shape index (κ1) is 36.4.